The molecule has 0 aliphatic rings. The van der Waals surface area contributed by atoms with E-state index in [1.54, 1.807) is 6.92 Å². The van der Waals surface area contributed by atoms with Crippen molar-refractivity contribution in [1.29, 1.82) is 0 Å². The van der Waals surface area contributed by atoms with Gasteiger partial charge in [0.25, 0.3) is 0 Å². The van der Waals surface area contributed by atoms with Gasteiger partial charge in [-0.05, 0) is 32.6 Å². The smallest absolute Gasteiger partial charge is 0.242 e. The SMILES string of the molecule is CC(C)CCC(C)NC(=O)C(C)NC(=O)C(C)(C)C. The van der Waals surface area contributed by atoms with Gasteiger partial charge in [0.1, 0.15) is 6.04 Å². The molecule has 0 radical (unpaired) electrons. The minimum absolute atomic E-state index is 0.106. The minimum atomic E-state index is -0.492. The van der Waals surface area contributed by atoms with E-state index >= 15 is 0 Å². The van der Waals surface area contributed by atoms with Crippen LogP contribution in [0, 0.1) is 11.3 Å². The summed E-state index contributed by atoms with van der Waals surface area (Å²) in [4.78, 5) is 23.7. The second-order valence-electron chi connectivity index (χ2n) is 6.83. The van der Waals surface area contributed by atoms with Crippen molar-refractivity contribution in [1.82, 2.24) is 10.6 Å². The summed E-state index contributed by atoms with van der Waals surface area (Å²) in [6.07, 6.45) is 2.05. The van der Waals surface area contributed by atoms with E-state index < -0.39 is 11.5 Å². The molecule has 2 unspecified atom stereocenters. The summed E-state index contributed by atoms with van der Waals surface area (Å²) in [7, 11) is 0. The number of hydrogen-bond donors (Lipinski definition) is 2. The van der Waals surface area contributed by atoms with E-state index in [9.17, 15) is 9.59 Å². The quantitative estimate of drug-likeness (QED) is 0.779. The minimum Gasteiger partial charge on any atom is -0.352 e. The molecule has 0 saturated carbocycles. The molecular formula is C15H30N2O2. The Morgan fingerprint density at radius 1 is 0.947 bits per heavy atom. The van der Waals surface area contributed by atoms with Gasteiger partial charge in [-0.25, -0.2) is 0 Å². The highest BCUT2D eigenvalue weighted by molar-refractivity contribution is 5.89. The van der Waals surface area contributed by atoms with Crippen LogP contribution in [-0.4, -0.2) is 23.9 Å². The second kappa shape index (κ2) is 7.51. The Morgan fingerprint density at radius 3 is 1.89 bits per heavy atom. The summed E-state index contributed by atoms with van der Waals surface area (Å²) < 4.78 is 0. The molecule has 0 heterocycles. The van der Waals surface area contributed by atoms with Crippen molar-refractivity contribution >= 4 is 11.8 Å². The summed E-state index contributed by atoms with van der Waals surface area (Å²) in [6, 6.07) is -0.350. The Labute approximate surface area is 117 Å². The van der Waals surface area contributed by atoms with Crippen molar-refractivity contribution in [3.8, 4) is 0 Å². The van der Waals surface area contributed by atoms with Gasteiger partial charge in [-0.1, -0.05) is 34.6 Å². The third-order valence-corrected chi connectivity index (χ3v) is 2.99. The molecule has 0 aromatic rings. The van der Waals surface area contributed by atoms with Crippen LogP contribution in [0.2, 0.25) is 0 Å². The predicted molar refractivity (Wildman–Crippen MR) is 78.7 cm³/mol. The number of carbonyl (C=O) groups excluding carboxylic acids is 2. The van der Waals surface area contributed by atoms with Crippen molar-refractivity contribution in [2.45, 2.75) is 73.4 Å². The van der Waals surface area contributed by atoms with Crippen molar-refractivity contribution in [3.63, 3.8) is 0 Å². The fourth-order valence-electron chi connectivity index (χ4n) is 1.50. The van der Waals surface area contributed by atoms with Gasteiger partial charge >= 0.3 is 0 Å². The van der Waals surface area contributed by atoms with Crippen LogP contribution in [0.3, 0.4) is 0 Å². The molecular weight excluding hydrogens is 240 g/mol. The molecule has 4 heteroatoms. The van der Waals surface area contributed by atoms with Gasteiger partial charge in [0.2, 0.25) is 11.8 Å². The van der Waals surface area contributed by atoms with Crippen LogP contribution in [0.5, 0.6) is 0 Å². The average Bonchev–Trinajstić information content (AvgIpc) is 2.24. The molecule has 0 aliphatic carbocycles. The zero-order valence-corrected chi connectivity index (χ0v) is 13.5. The highest BCUT2D eigenvalue weighted by Crippen LogP contribution is 2.13. The second-order valence-corrected chi connectivity index (χ2v) is 6.83. The maximum Gasteiger partial charge on any atom is 0.242 e. The predicted octanol–water partition coefficient (Wildman–Crippen LogP) is 2.48. The van der Waals surface area contributed by atoms with E-state index in [4.69, 9.17) is 0 Å². The number of carbonyl (C=O) groups is 2. The summed E-state index contributed by atoms with van der Waals surface area (Å²) in [5.74, 6) is 0.413. The highest BCUT2D eigenvalue weighted by atomic mass is 16.2. The topological polar surface area (TPSA) is 58.2 Å². The molecule has 19 heavy (non-hydrogen) atoms. The van der Waals surface area contributed by atoms with Crippen LogP contribution in [0.15, 0.2) is 0 Å². The molecule has 0 spiro atoms. The molecule has 2 atom stereocenters. The maximum absolute atomic E-state index is 11.9. The number of hydrogen-bond acceptors (Lipinski definition) is 2. The van der Waals surface area contributed by atoms with Gasteiger partial charge < -0.3 is 10.6 Å². The fraction of sp³-hybridized carbons (Fsp3) is 0.867. The summed E-state index contributed by atoms with van der Waals surface area (Å²) in [6.45, 7) is 13.5. The Bertz CT molecular complexity index is 306. The van der Waals surface area contributed by atoms with Gasteiger partial charge in [0.05, 0.1) is 0 Å². The Hall–Kier alpha value is -1.06. The fourth-order valence-corrected chi connectivity index (χ4v) is 1.50. The first-order valence-electron chi connectivity index (χ1n) is 7.15. The normalized spacial score (nSPS) is 14.9. The zero-order chi connectivity index (χ0) is 15.2. The lowest BCUT2D eigenvalue weighted by Gasteiger charge is -2.23. The van der Waals surface area contributed by atoms with Crippen LogP contribution in [0.4, 0.5) is 0 Å². The average molecular weight is 270 g/mol. The van der Waals surface area contributed by atoms with E-state index in [0.717, 1.165) is 12.8 Å². The monoisotopic (exact) mass is 270 g/mol. The summed E-state index contributed by atoms with van der Waals surface area (Å²) >= 11 is 0. The van der Waals surface area contributed by atoms with E-state index in [2.05, 4.69) is 24.5 Å². The lowest BCUT2D eigenvalue weighted by molar-refractivity contribution is -0.133. The molecule has 0 aliphatic heterocycles. The lowest BCUT2D eigenvalue weighted by atomic mass is 9.95. The Balaban J connectivity index is 4.17. The van der Waals surface area contributed by atoms with Crippen molar-refractivity contribution in [2.24, 2.45) is 11.3 Å². The molecule has 0 bridgehead atoms. The maximum atomic E-state index is 11.9. The van der Waals surface area contributed by atoms with Gasteiger partial charge in [0, 0.05) is 11.5 Å². The number of rotatable bonds is 6. The van der Waals surface area contributed by atoms with Gasteiger partial charge in [-0.3, -0.25) is 9.59 Å². The summed E-state index contributed by atoms with van der Waals surface area (Å²) in [5.41, 5.74) is -0.474. The molecule has 112 valence electrons. The molecule has 2 N–H and O–H groups in total. The van der Waals surface area contributed by atoms with E-state index in [-0.39, 0.29) is 17.9 Å². The van der Waals surface area contributed by atoms with Crippen molar-refractivity contribution in [3.05, 3.63) is 0 Å². The largest absolute Gasteiger partial charge is 0.352 e. The van der Waals surface area contributed by atoms with E-state index in [1.807, 2.05) is 27.7 Å². The molecule has 0 saturated heterocycles. The van der Waals surface area contributed by atoms with Crippen molar-refractivity contribution < 1.29 is 9.59 Å². The van der Waals surface area contributed by atoms with Gasteiger partial charge in [-0.15, -0.1) is 0 Å². The first-order valence-corrected chi connectivity index (χ1v) is 7.15. The molecule has 0 fully saturated rings. The van der Waals surface area contributed by atoms with Gasteiger partial charge in [-0.2, -0.15) is 0 Å². The highest BCUT2D eigenvalue weighted by Gasteiger charge is 2.25. The Morgan fingerprint density at radius 2 is 1.47 bits per heavy atom. The van der Waals surface area contributed by atoms with Crippen LogP contribution >= 0.6 is 0 Å². The van der Waals surface area contributed by atoms with E-state index in [1.165, 1.54) is 0 Å². The van der Waals surface area contributed by atoms with Gasteiger partial charge in [0.15, 0.2) is 0 Å². The lowest BCUT2D eigenvalue weighted by Crippen LogP contribution is -2.50. The molecule has 0 rings (SSSR count). The van der Waals surface area contributed by atoms with Crippen LogP contribution in [-0.2, 0) is 9.59 Å². The van der Waals surface area contributed by atoms with Crippen molar-refractivity contribution in [2.75, 3.05) is 0 Å². The first kappa shape index (κ1) is 17.9. The molecule has 0 aromatic heterocycles. The summed E-state index contributed by atoms with van der Waals surface area (Å²) in [5, 5.41) is 5.68. The Kier molecular flexibility index (Phi) is 7.09. The number of nitrogens with one attached hydrogen (secondary N) is 2. The third kappa shape index (κ3) is 7.85. The molecule has 4 nitrogen and oxygen atoms in total. The molecule has 0 aromatic carbocycles. The molecule has 2 amide bonds. The van der Waals surface area contributed by atoms with E-state index in [0.29, 0.717) is 5.92 Å². The third-order valence-electron chi connectivity index (χ3n) is 2.99. The number of amides is 2. The van der Waals surface area contributed by atoms with Crippen LogP contribution < -0.4 is 10.6 Å². The van der Waals surface area contributed by atoms with Crippen LogP contribution in [0.1, 0.15) is 61.3 Å². The van der Waals surface area contributed by atoms with Crippen LogP contribution in [0.25, 0.3) is 0 Å². The zero-order valence-electron chi connectivity index (χ0n) is 13.5. The standard InChI is InChI=1S/C15H30N2O2/c1-10(2)8-9-11(3)16-13(18)12(4)17-14(19)15(5,6)7/h10-12H,8-9H2,1-7H3,(H,16,18)(H,17,19). The first-order chi connectivity index (χ1) is 8.54.